The molecule has 24 heteroatoms. The summed E-state index contributed by atoms with van der Waals surface area (Å²) in [5, 5.41) is 11.1. The smallest absolute Gasteiger partial charge is 0.386 e. The standard InChI is InChI=1S/C22H23FN10O11P2/c23-11-15-9(41-21(11)32-8-29-13-18-25-1-2-31(18)6-30-20(13)32)3-39-46(37,38)44-16-10(4-40-45(35,36)43-15)42-22(14(16)34)33-7-28-12-17(24)26-5-27-19(12)33/h1-2,5-11,14-16,21-22,34H,3-4H2,(H,35,36)(H,37,38)(H2,24,26,27)/t9-,10?,11-,14-,15-,16-,21-,22-/m1/s1. The van der Waals surface area contributed by atoms with Crippen LogP contribution in [0.25, 0.3) is 28.0 Å². The van der Waals surface area contributed by atoms with Crippen molar-refractivity contribution < 1.29 is 56.0 Å². The Morgan fingerprint density at radius 3 is 2.20 bits per heavy atom. The van der Waals surface area contributed by atoms with Gasteiger partial charge in [0.2, 0.25) is 0 Å². The predicted octanol–water partition coefficient (Wildman–Crippen LogP) is 0.0129. The summed E-state index contributed by atoms with van der Waals surface area (Å²) in [6.45, 7) is -1.66. The second kappa shape index (κ2) is 10.8. The van der Waals surface area contributed by atoms with Gasteiger partial charge in [0.25, 0.3) is 0 Å². The van der Waals surface area contributed by atoms with Gasteiger partial charge in [-0.15, -0.1) is 0 Å². The molecule has 5 aromatic rings. The van der Waals surface area contributed by atoms with E-state index in [-0.39, 0.29) is 22.6 Å². The molecule has 8 heterocycles. The van der Waals surface area contributed by atoms with Crippen LogP contribution >= 0.6 is 15.6 Å². The largest absolute Gasteiger partial charge is 0.472 e. The second-order valence-corrected chi connectivity index (χ2v) is 13.4. The maximum atomic E-state index is 16.0. The van der Waals surface area contributed by atoms with E-state index in [1.54, 1.807) is 10.6 Å². The van der Waals surface area contributed by atoms with E-state index >= 15 is 4.39 Å². The van der Waals surface area contributed by atoms with Crippen LogP contribution in [-0.2, 0) is 36.7 Å². The second-order valence-electron chi connectivity index (χ2n) is 10.5. The Balaban J connectivity index is 1.08. The molecule has 3 fully saturated rings. The van der Waals surface area contributed by atoms with E-state index in [2.05, 4.69) is 29.9 Å². The van der Waals surface area contributed by atoms with Crippen molar-refractivity contribution in [1.82, 2.24) is 43.4 Å². The minimum Gasteiger partial charge on any atom is -0.386 e. The van der Waals surface area contributed by atoms with Crippen molar-refractivity contribution in [3.8, 4) is 0 Å². The predicted molar refractivity (Wildman–Crippen MR) is 146 cm³/mol. The number of halogens is 1. The molecule has 0 radical (unpaired) electrons. The highest BCUT2D eigenvalue weighted by Gasteiger charge is 2.54. The fourth-order valence-corrected chi connectivity index (χ4v) is 7.60. The first-order valence-corrected chi connectivity index (χ1v) is 16.5. The number of anilines is 1. The number of aromatic nitrogens is 9. The van der Waals surface area contributed by atoms with Crippen molar-refractivity contribution >= 4 is 49.4 Å². The number of nitrogens with two attached hydrogens (primary N) is 1. The first-order chi connectivity index (χ1) is 22.0. The first-order valence-electron chi connectivity index (χ1n) is 13.5. The minimum absolute atomic E-state index is 0.0444. The number of aliphatic hydroxyl groups excluding tert-OH is 1. The molecular formula is C22H23FN10O11P2. The normalized spacial score (nSPS) is 37.3. The maximum absolute atomic E-state index is 16.0. The van der Waals surface area contributed by atoms with Crippen LogP contribution in [0.2, 0.25) is 0 Å². The molecule has 0 spiro atoms. The first kappa shape index (κ1) is 29.8. The summed E-state index contributed by atoms with van der Waals surface area (Å²) < 4.78 is 78.7. The molecule has 0 amide bonds. The van der Waals surface area contributed by atoms with E-state index < -0.39 is 78.0 Å². The van der Waals surface area contributed by atoms with Gasteiger partial charge < -0.3 is 30.1 Å². The van der Waals surface area contributed by atoms with Crippen molar-refractivity contribution in [2.24, 2.45) is 0 Å². The summed E-state index contributed by atoms with van der Waals surface area (Å²) in [6.07, 6.45) is -4.94. The van der Waals surface area contributed by atoms with E-state index in [4.69, 9.17) is 33.3 Å². The third-order valence-electron chi connectivity index (χ3n) is 7.78. The molecular weight excluding hydrogens is 661 g/mol. The topological polar surface area (TPSA) is 268 Å². The number of hydrogen-bond donors (Lipinski definition) is 4. The molecule has 3 aliphatic heterocycles. The van der Waals surface area contributed by atoms with Gasteiger partial charge in [0.1, 0.15) is 48.7 Å². The van der Waals surface area contributed by atoms with E-state index in [0.29, 0.717) is 11.2 Å². The van der Waals surface area contributed by atoms with E-state index in [1.807, 2.05) is 0 Å². The number of aliphatic hydroxyl groups is 1. The highest BCUT2D eigenvalue weighted by atomic mass is 31.2. The van der Waals surface area contributed by atoms with Crippen molar-refractivity contribution in [3.63, 3.8) is 0 Å². The molecule has 0 saturated carbocycles. The number of hydrogen-bond acceptors (Lipinski definition) is 16. The molecule has 46 heavy (non-hydrogen) atoms. The number of nitrogen functional groups attached to an aromatic ring is 1. The van der Waals surface area contributed by atoms with Gasteiger partial charge in [-0.25, -0.2) is 43.4 Å². The van der Waals surface area contributed by atoms with Gasteiger partial charge in [-0.1, -0.05) is 0 Å². The highest BCUT2D eigenvalue weighted by Crippen LogP contribution is 2.54. The van der Waals surface area contributed by atoms with Gasteiger partial charge in [-0.2, -0.15) is 0 Å². The number of phosphoric ester groups is 2. The number of fused-ring (bicyclic) bond motifs is 6. The average molecular weight is 684 g/mol. The molecule has 3 unspecified atom stereocenters. The summed E-state index contributed by atoms with van der Waals surface area (Å²) in [6, 6.07) is 0. The molecule has 8 rings (SSSR count). The Labute approximate surface area is 254 Å². The Hall–Kier alpha value is -3.53. The van der Waals surface area contributed by atoms with Crippen molar-refractivity contribution in [2.75, 3.05) is 18.9 Å². The van der Waals surface area contributed by atoms with Crippen LogP contribution in [0.5, 0.6) is 0 Å². The number of alkyl halides is 1. The molecule has 3 aliphatic rings. The fraction of sp³-hybridized carbons (Fsp3) is 0.455. The van der Waals surface area contributed by atoms with Crippen molar-refractivity contribution in [3.05, 3.63) is 37.7 Å². The van der Waals surface area contributed by atoms with Crippen LogP contribution in [0.4, 0.5) is 10.2 Å². The monoisotopic (exact) mass is 684 g/mol. The molecule has 5 aromatic heterocycles. The van der Waals surface area contributed by atoms with Crippen LogP contribution < -0.4 is 5.73 Å². The minimum atomic E-state index is -5.08. The van der Waals surface area contributed by atoms with Crippen LogP contribution in [-0.4, -0.2) is 108 Å². The summed E-state index contributed by atoms with van der Waals surface area (Å²) >= 11 is 0. The molecule has 244 valence electrons. The van der Waals surface area contributed by atoms with Gasteiger partial charge in [0.05, 0.1) is 25.9 Å². The Morgan fingerprint density at radius 1 is 0.804 bits per heavy atom. The molecule has 0 aliphatic carbocycles. The zero-order valence-electron chi connectivity index (χ0n) is 23.0. The Kier molecular flexibility index (Phi) is 6.98. The zero-order valence-corrected chi connectivity index (χ0v) is 24.8. The number of rotatable bonds is 2. The van der Waals surface area contributed by atoms with Crippen molar-refractivity contribution in [2.45, 2.75) is 49.1 Å². The van der Waals surface area contributed by atoms with E-state index in [9.17, 15) is 24.0 Å². The lowest BCUT2D eigenvalue weighted by atomic mass is 10.1. The summed E-state index contributed by atoms with van der Waals surface area (Å²) in [4.78, 5) is 46.0. The third kappa shape index (κ3) is 4.90. The van der Waals surface area contributed by atoms with E-state index in [0.717, 1.165) is 6.33 Å². The molecule has 10 atom stereocenters. The Morgan fingerprint density at radius 2 is 1.43 bits per heavy atom. The van der Waals surface area contributed by atoms with Gasteiger partial charge in [-0.3, -0.25) is 31.6 Å². The number of imidazole rings is 3. The number of nitrogens with zero attached hydrogens (tertiary/aromatic N) is 9. The van der Waals surface area contributed by atoms with Crippen LogP contribution in [0.1, 0.15) is 12.5 Å². The van der Waals surface area contributed by atoms with Gasteiger partial charge in [0.15, 0.2) is 46.9 Å². The molecule has 3 saturated heterocycles. The van der Waals surface area contributed by atoms with Crippen LogP contribution in [0, 0.1) is 0 Å². The van der Waals surface area contributed by atoms with Gasteiger partial charge in [0, 0.05) is 12.4 Å². The molecule has 0 bridgehead atoms. The Bertz CT molecular complexity index is 2060. The summed E-state index contributed by atoms with van der Waals surface area (Å²) in [5.74, 6) is 0.0444. The summed E-state index contributed by atoms with van der Waals surface area (Å²) in [5.41, 5.74) is 7.10. The SMILES string of the molecule is Nc1ncnc2c1ncn2[C@@H]1OC2COP(=O)(O)O[C@H]3[C@@H](F)[C@H](n4cnc5c4ncn4ccnc54)O[C@@H]3COP(=O)(O)O[C@H]2[C@H]1O. The van der Waals surface area contributed by atoms with Crippen LogP contribution in [0.15, 0.2) is 37.7 Å². The lowest BCUT2D eigenvalue weighted by molar-refractivity contribution is -0.0663. The quantitative estimate of drug-likeness (QED) is 0.178. The van der Waals surface area contributed by atoms with Crippen molar-refractivity contribution in [1.29, 1.82) is 0 Å². The molecule has 0 aromatic carbocycles. The fourth-order valence-electron chi connectivity index (χ4n) is 5.68. The number of phosphoric acid groups is 2. The highest BCUT2D eigenvalue weighted by molar-refractivity contribution is 7.47. The van der Waals surface area contributed by atoms with Gasteiger partial charge >= 0.3 is 15.6 Å². The summed E-state index contributed by atoms with van der Waals surface area (Å²) in [7, 11) is -10.1. The zero-order chi connectivity index (χ0) is 32.0. The van der Waals surface area contributed by atoms with Gasteiger partial charge in [-0.05, 0) is 0 Å². The molecule has 5 N–H and O–H groups in total. The lowest BCUT2D eigenvalue weighted by Gasteiger charge is -2.27. The van der Waals surface area contributed by atoms with Crippen LogP contribution in [0.3, 0.4) is 0 Å². The third-order valence-corrected chi connectivity index (χ3v) is 9.75. The number of ether oxygens (including phenoxy) is 2. The van der Waals surface area contributed by atoms with E-state index in [1.165, 1.54) is 34.3 Å². The lowest BCUT2D eigenvalue weighted by Crippen LogP contribution is -2.38. The average Bonchev–Trinajstić information content (AvgIpc) is 3.83. The maximum Gasteiger partial charge on any atom is 0.472 e. The molecule has 21 nitrogen and oxygen atoms in total.